The molecule has 0 radical (unpaired) electrons. The molecule has 1 heterocycles. The van der Waals surface area contributed by atoms with E-state index in [0.29, 0.717) is 5.82 Å². The van der Waals surface area contributed by atoms with Crippen LogP contribution in [0.3, 0.4) is 0 Å². The van der Waals surface area contributed by atoms with Gasteiger partial charge in [-0.3, -0.25) is 4.79 Å². The molecule has 0 aliphatic carbocycles. The number of carbonyl (C=O) groups excluding carboxylic acids is 1. The first kappa shape index (κ1) is 14.5. The van der Waals surface area contributed by atoms with Crippen LogP contribution in [0.5, 0.6) is 0 Å². The number of fused-ring (bicyclic) bond motifs is 1. The summed E-state index contributed by atoms with van der Waals surface area (Å²) in [6.45, 7) is 3.38. The van der Waals surface area contributed by atoms with Gasteiger partial charge in [0.25, 0.3) is 0 Å². The first-order valence-electron chi connectivity index (χ1n) is 7.30. The minimum Gasteiger partial charge on any atom is -0.380 e. The van der Waals surface area contributed by atoms with Gasteiger partial charge in [-0.2, -0.15) is 0 Å². The monoisotopic (exact) mass is 294 g/mol. The fourth-order valence-corrected chi connectivity index (χ4v) is 2.63. The van der Waals surface area contributed by atoms with Crippen LogP contribution in [0, 0.1) is 0 Å². The molecular weight excluding hydrogens is 276 g/mol. The lowest BCUT2D eigenvalue weighted by atomic mass is 10.1. The van der Waals surface area contributed by atoms with Crippen LogP contribution in [-0.2, 0) is 4.79 Å². The number of benzene rings is 2. The van der Waals surface area contributed by atoms with E-state index in [2.05, 4.69) is 4.98 Å². The third-order valence-electron chi connectivity index (χ3n) is 3.96. The number of aromatic nitrogens is 2. The van der Waals surface area contributed by atoms with Crippen LogP contribution < -0.4 is 0 Å². The second kappa shape index (κ2) is 5.73. The number of Topliss-reactive ketones (excluding diaryl/α,β-unsaturated/α-hetero) is 1. The second-order valence-corrected chi connectivity index (χ2v) is 5.43. The summed E-state index contributed by atoms with van der Waals surface area (Å²) in [5, 5.41) is 10.7. The maximum atomic E-state index is 11.9. The third-order valence-corrected chi connectivity index (χ3v) is 3.96. The van der Waals surface area contributed by atoms with Gasteiger partial charge >= 0.3 is 0 Å². The summed E-state index contributed by atoms with van der Waals surface area (Å²) in [7, 11) is 0. The summed E-state index contributed by atoms with van der Waals surface area (Å²) < 4.78 is 1.83. The lowest BCUT2D eigenvalue weighted by Crippen LogP contribution is -2.18. The standard InChI is InChI=1S/C18H18N2O2/c1-12(13(2)21)20-16-11-7-6-10-15(16)19-18(20)17(22)14-8-4-3-5-9-14/h3-12,17,22H,1-2H3. The minimum atomic E-state index is -0.865. The van der Waals surface area contributed by atoms with Crippen LogP contribution in [0.4, 0.5) is 0 Å². The Balaban J connectivity index is 2.20. The molecule has 3 aromatic rings. The highest BCUT2D eigenvalue weighted by molar-refractivity contribution is 5.84. The molecule has 0 amide bonds. The topological polar surface area (TPSA) is 55.1 Å². The van der Waals surface area contributed by atoms with Crippen LogP contribution in [0.1, 0.15) is 37.4 Å². The van der Waals surface area contributed by atoms with E-state index >= 15 is 0 Å². The van der Waals surface area contributed by atoms with Crippen LogP contribution in [-0.4, -0.2) is 20.4 Å². The molecule has 0 bridgehead atoms. The maximum Gasteiger partial charge on any atom is 0.152 e. The molecule has 0 aliphatic heterocycles. The lowest BCUT2D eigenvalue weighted by molar-refractivity contribution is -0.119. The molecule has 0 spiro atoms. The van der Waals surface area contributed by atoms with E-state index in [9.17, 15) is 9.90 Å². The number of aliphatic hydroxyl groups is 1. The van der Waals surface area contributed by atoms with Gasteiger partial charge in [-0.15, -0.1) is 0 Å². The first-order chi connectivity index (χ1) is 10.6. The Bertz CT molecular complexity index is 808. The molecule has 3 rings (SSSR count). The minimum absolute atomic E-state index is 0.0321. The number of nitrogens with zero attached hydrogens (tertiary/aromatic N) is 2. The molecule has 1 N–H and O–H groups in total. The number of para-hydroxylation sites is 2. The number of rotatable bonds is 4. The summed E-state index contributed by atoms with van der Waals surface area (Å²) in [6, 6.07) is 16.6. The van der Waals surface area contributed by atoms with Crippen LogP contribution in [0.25, 0.3) is 11.0 Å². The molecule has 4 nitrogen and oxygen atoms in total. The number of carbonyl (C=O) groups is 1. The first-order valence-corrected chi connectivity index (χ1v) is 7.30. The van der Waals surface area contributed by atoms with E-state index in [1.807, 2.05) is 66.1 Å². The Morgan fingerprint density at radius 1 is 1.09 bits per heavy atom. The SMILES string of the molecule is CC(=O)C(C)n1c(C(O)c2ccccc2)nc2ccccc21. The predicted octanol–water partition coefficient (Wildman–Crippen LogP) is 3.27. The van der Waals surface area contributed by atoms with Crippen molar-refractivity contribution in [2.75, 3.05) is 0 Å². The summed E-state index contributed by atoms with van der Waals surface area (Å²) in [4.78, 5) is 16.4. The molecule has 0 aliphatic rings. The van der Waals surface area contributed by atoms with Crippen LogP contribution >= 0.6 is 0 Å². The van der Waals surface area contributed by atoms with Crippen molar-refractivity contribution >= 4 is 16.8 Å². The average Bonchev–Trinajstić information content (AvgIpc) is 2.93. The Hall–Kier alpha value is -2.46. The Morgan fingerprint density at radius 2 is 1.73 bits per heavy atom. The van der Waals surface area contributed by atoms with Crippen molar-refractivity contribution in [1.29, 1.82) is 0 Å². The molecule has 4 heteroatoms. The number of hydrogen-bond donors (Lipinski definition) is 1. The largest absolute Gasteiger partial charge is 0.380 e. The lowest BCUT2D eigenvalue weighted by Gasteiger charge is -2.18. The van der Waals surface area contributed by atoms with Crippen molar-refractivity contribution < 1.29 is 9.90 Å². The fraction of sp³-hybridized carbons (Fsp3) is 0.222. The summed E-state index contributed by atoms with van der Waals surface area (Å²) in [6.07, 6.45) is -0.865. The van der Waals surface area contributed by atoms with Crippen molar-refractivity contribution in [3.63, 3.8) is 0 Å². The van der Waals surface area contributed by atoms with Gasteiger partial charge in [-0.05, 0) is 31.5 Å². The zero-order chi connectivity index (χ0) is 15.7. The Kier molecular flexibility index (Phi) is 3.77. The van der Waals surface area contributed by atoms with Gasteiger partial charge in [0, 0.05) is 0 Å². The van der Waals surface area contributed by atoms with E-state index < -0.39 is 6.10 Å². The number of ketones is 1. The quantitative estimate of drug-likeness (QED) is 0.803. The summed E-state index contributed by atoms with van der Waals surface area (Å²) in [5.74, 6) is 0.528. The van der Waals surface area contributed by atoms with Gasteiger partial charge in [-0.25, -0.2) is 4.98 Å². The van der Waals surface area contributed by atoms with Crippen molar-refractivity contribution in [3.8, 4) is 0 Å². The molecule has 0 saturated carbocycles. The molecule has 2 unspecified atom stereocenters. The molecule has 2 atom stereocenters. The van der Waals surface area contributed by atoms with E-state index in [1.54, 1.807) is 6.92 Å². The second-order valence-electron chi connectivity index (χ2n) is 5.43. The van der Waals surface area contributed by atoms with Gasteiger partial charge in [0.2, 0.25) is 0 Å². The van der Waals surface area contributed by atoms with E-state index in [-0.39, 0.29) is 11.8 Å². The predicted molar refractivity (Wildman–Crippen MR) is 85.6 cm³/mol. The highest BCUT2D eigenvalue weighted by Gasteiger charge is 2.24. The van der Waals surface area contributed by atoms with E-state index in [4.69, 9.17) is 0 Å². The Morgan fingerprint density at radius 3 is 2.41 bits per heavy atom. The maximum absolute atomic E-state index is 11.9. The average molecular weight is 294 g/mol. The molecule has 1 aromatic heterocycles. The van der Waals surface area contributed by atoms with Gasteiger partial charge in [0.1, 0.15) is 11.9 Å². The van der Waals surface area contributed by atoms with Crippen LogP contribution in [0.15, 0.2) is 54.6 Å². The van der Waals surface area contributed by atoms with Crippen molar-refractivity contribution in [2.45, 2.75) is 26.0 Å². The number of hydrogen-bond acceptors (Lipinski definition) is 3. The molecule has 2 aromatic carbocycles. The molecule has 22 heavy (non-hydrogen) atoms. The molecule has 0 saturated heterocycles. The van der Waals surface area contributed by atoms with E-state index in [0.717, 1.165) is 16.6 Å². The molecule has 0 fully saturated rings. The van der Waals surface area contributed by atoms with Crippen molar-refractivity contribution in [1.82, 2.24) is 9.55 Å². The summed E-state index contributed by atoms with van der Waals surface area (Å²) >= 11 is 0. The highest BCUT2D eigenvalue weighted by Crippen LogP contribution is 2.28. The zero-order valence-corrected chi connectivity index (χ0v) is 12.6. The highest BCUT2D eigenvalue weighted by atomic mass is 16.3. The summed E-state index contributed by atoms with van der Waals surface area (Å²) in [5.41, 5.74) is 2.39. The number of aliphatic hydroxyl groups excluding tert-OH is 1. The fourth-order valence-electron chi connectivity index (χ4n) is 2.63. The smallest absolute Gasteiger partial charge is 0.152 e. The normalized spacial score (nSPS) is 14.0. The van der Waals surface area contributed by atoms with Gasteiger partial charge in [0.15, 0.2) is 5.78 Å². The number of imidazole rings is 1. The Labute approximate surface area is 129 Å². The molecule has 112 valence electrons. The third kappa shape index (κ3) is 2.42. The molecular formula is C18H18N2O2. The van der Waals surface area contributed by atoms with Gasteiger partial charge in [0.05, 0.1) is 17.1 Å². The van der Waals surface area contributed by atoms with Crippen LogP contribution in [0.2, 0.25) is 0 Å². The van der Waals surface area contributed by atoms with Gasteiger partial charge < -0.3 is 9.67 Å². The zero-order valence-electron chi connectivity index (χ0n) is 12.6. The van der Waals surface area contributed by atoms with E-state index in [1.165, 1.54) is 0 Å². The van der Waals surface area contributed by atoms with Crippen molar-refractivity contribution in [2.24, 2.45) is 0 Å². The van der Waals surface area contributed by atoms with Crippen molar-refractivity contribution in [3.05, 3.63) is 66.0 Å². The van der Waals surface area contributed by atoms with Gasteiger partial charge in [-0.1, -0.05) is 42.5 Å².